The first-order chi connectivity index (χ1) is 6.77. The van der Waals surface area contributed by atoms with Crippen molar-refractivity contribution in [3.05, 3.63) is 37.8 Å². The third-order valence-electron chi connectivity index (χ3n) is 2.52. The first-order valence-corrected chi connectivity index (χ1v) is 4.94. The van der Waals surface area contributed by atoms with Crippen LogP contribution in [0.1, 0.15) is 12.8 Å². The Morgan fingerprint density at radius 1 is 1.07 bits per heavy atom. The maximum atomic E-state index is 5.35. The Balaban J connectivity index is 2.59. The van der Waals surface area contributed by atoms with Gasteiger partial charge in [-0.3, -0.25) is 0 Å². The van der Waals surface area contributed by atoms with Crippen LogP contribution in [0.4, 0.5) is 0 Å². The molecule has 2 heteroatoms. The average molecular weight is 194 g/mol. The summed E-state index contributed by atoms with van der Waals surface area (Å²) in [6.45, 7) is 12.5. The maximum absolute atomic E-state index is 5.35. The largest absolute Gasteiger partial charge is 0.466 e. The quantitative estimate of drug-likeness (QED) is 0.641. The molecule has 1 aliphatic rings. The van der Waals surface area contributed by atoms with Gasteiger partial charge in [0.1, 0.15) is 0 Å². The Kier molecular flexibility index (Phi) is 4.30. The summed E-state index contributed by atoms with van der Waals surface area (Å²) >= 11 is 0. The fraction of sp³-hybridized carbons (Fsp3) is 0.500. The van der Waals surface area contributed by atoms with Gasteiger partial charge in [0.25, 0.3) is 5.95 Å². The van der Waals surface area contributed by atoms with Gasteiger partial charge in [0.15, 0.2) is 0 Å². The number of hydrogen-bond acceptors (Lipinski definition) is 2. The van der Waals surface area contributed by atoms with E-state index < -0.39 is 0 Å². The van der Waals surface area contributed by atoms with Crippen molar-refractivity contribution >= 4 is 0 Å². The molecule has 2 unspecified atom stereocenters. The van der Waals surface area contributed by atoms with Crippen LogP contribution >= 0.6 is 0 Å². The maximum Gasteiger partial charge on any atom is 0.271 e. The third-order valence-corrected chi connectivity index (χ3v) is 2.52. The first kappa shape index (κ1) is 10.9. The Labute approximate surface area is 85.9 Å². The van der Waals surface area contributed by atoms with Gasteiger partial charge in [-0.05, 0) is 19.4 Å². The third kappa shape index (κ3) is 2.95. The lowest BCUT2D eigenvalue weighted by Gasteiger charge is -2.19. The molecule has 0 radical (unpaired) electrons. The van der Waals surface area contributed by atoms with E-state index in [0.717, 1.165) is 12.8 Å². The lowest BCUT2D eigenvalue weighted by Crippen LogP contribution is -2.19. The summed E-state index contributed by atoms with van der Waals surface area (Å²) in [7, 11) is 0. The molecule has 14 heavy (non-hydrogen) atoms. The van der Waals surface area contributed by atoms with Gasteiger partial charge >= 0.3 is 0 Å². The van der Waals surface area contributed by atoms with Gasteiger partial charge in [0.05, 0.1) is 13.2 Å². The molecule has 0 spiro atoms. The normalized spacial score (nSPS) is 27.0. The van der Waals surface area contributed by atoms with Gasteiger partial charge in [-0.2, -0.15) is 0 Å². The molecular weight excluding hydrogens is 176 g/mol. The van der Waals surface area contributed by atoms with Crippen LogP contribution in [0.15, 0.2) is 37.8 Å². The summed E-state index contributed by atoms with van der Waals surface area (Å²) in [5.41, 5.74) is 0. The van der Waals surface area contributed by atoms with Crippen LogP contribution in [-0.4, -0.2) is 13.2 Å². The molecule has 1 rings (SSSR count). The highest BCUT2D eigenvalue weighted by atomic mass is 16.7. The van der Waals surface area contributed by atoms with Crippen molar-refractivity contribution in [2.45, 2.75) is 12.8 Å². The highest BCUT2D eigenvalue weighted by Crippen LogP contribution is 2.26. The summed E-state index contributed by atoms with van der Waals surface area (Å²) < 4.78 is 10.7. The molecule has 1 saturated heterocycles. The fourth-order valence-electron chi connectivity index (χ4n) is 1.66. The summed E-state index contributed by atoms with van der Waals surface area (Å²) in [6.07, 6.45) is 5.76. The summed E-state index contributed by atoms with van der Waals surface area (Å²) in [5.74, 6) is 1.36. The minimum absolute atomic E-state index is 0.436. The first-order valence-electron chi connectivity index (χ1n) is 4.94. The molecule has 0 N–H and O–H groups in total. The number of rotatable bonds is 4. The number of ether oxygens (including phenoxy) is 2. The Hall–Kier alpha value is -1.18. The summed E-state index contributed by atoms with van der Waals surface area (Å²) in [6, 6.07) is 0. The van der Waals surface area contributed by atoms with Crippen LogP contribution in [0, 0.1) is 11.8 Å². The minimum Gasteiger partial charge on any atom is -0.466 e. The van der Waals surface area contributed by atoms with E-state index in [0.29, 0.717) is 31.0 Å². The van der Waals surface area contributed by atoms with E-state index in [4.69, 9.17) is 9.47 Å². The molecule has 1 heterocycles. The lowest BCUT2D eigenvalue weighted by atomic mass is 9.88. The predicted molar refractivity (Wildman–Crippen MR) is 57.7 cm³/mol. The zero-order chi connectivity index (χ0) is 10.4. The van der Waals surface area contributed by atoms with Crippen LogP contribution in [0.5, 0.6) is 0 Å². The number of allylic oxidation sites excluding steroid dienone is 2. The molecule has 1 fully saturated rings. The Morgan fingerprint density at radius 3 is 1.86 bits per heavy atom. The van der Waals surface area contributed by atoms with Crippen LogP contribution in [0.3, 0.4) is 0 Å². The van der Waals surface area contributed by atoms with Crippen molar-refractivity contribution in [1.29, 1.82) is 0 Å². The summed E-state index contributed by atoms with van der Waals surface area (Å²) in [5, 5.41) is 0. The molecule has 2 nitrogen and oxygen atoms in total. The molecule has 0 bridgehead atoms. The van der Waals surface area contributed by atoms with Gasteiger partial charge in [-0.1, -0.05) is 12.2 Å². The Bertz CT molecular complexity index is 198. The second kappa shape index (κ2) is 5.53. The SMILES string of the molecule is C=CCC1COC(=C)OCC1CC=C. The van der Waals surface area contributed by atoms with Gasteiger partial charge in [0, 0.05) is 11.8 Å². The minimum atomic E-state index is 0.436. The van der Waals surface area contributed by atoms with Gasteiger partial charge in [-0.25, -0.2) is 0 Å². The molecule has 78 valence electrons. The average Bonchev–Trinajstić information content (AvgIpc) is 2.33. The monoisotopic (exact) mass is 194 g/mol. The second-order valence-electron chi connectivity index (χ2n) is 3.56. The van der Waals surface area contributed by atoms with E-state index >= 15 is 0 Å². The van der Waals surface area contributed by atoms with E-state index in [1.807, 2.05) is 12.2 Å². The van der Waals surface area contributed by atoms with Crippen molar-refractivity contribution in [3.8, 4) is 0 Å². The van der Waals surface area contributed by atoms with Crippen LogP contribution in [0.25, 0.3) is 0 Å². The molecule has 0 saturated carbocycles. The molecule has 2 atom stereocenters. The number of hydrogen-bond donors (Lipinski definition) is 0. The van der Waals surface area contributed by atoms with E-state index in [-0.39, 0.29) is 0 Å². The second-order valence-corrected chi connectivity index (χ2v) is 3.56. The van der Waals surface area contributed by atoms with Crippen molar-refractivity contribution < 1.29 is 9.47 Å². The van der Waals surface area contributed by atoms with Gasteiger partial charge in [-0.15, -0.1) is 13.2 Å². The molecular formula is C12H18O2. The van der Waals surface area contributed by atoms with Crippen LogP contribution < -0.4 is 0 Å². The van der Waals surface area contributed by atoms with Crippen molar-refractivity contribution in [2.75, 3.05) is 13.2 Å². The topological polar surface area (TPSA) is 18.5 Å². The molecule has 0 aromatic rings. The van der Waals surface area contributed by atoms with Crippen molar-refractivity contribution in [1.82, 2.24) is 0 Å². The van der Waals surface area contributed by atoms with E-state index in [1.165, 1.54) is 0 Å². The molecule has 0 amide bonds. The molecule has 0 aromatic carbocycles. The molecule has 0 aliphatic carbocycles. The molecule has 1 aliphatic heterocycles. The van der Waals surface area contributed by atoms with Crippen LogP contribution in [-0.2, 0) is 9.47 Å². The molecule has 0 aromatic heterocycles. The zero-order valence-corrected chi connectivity index (χ0v) is 8.58. The van der Waals surface area contributed by atoms with Crippen LogP contribution in [0.2, 0.25) is 0 Å². The van der Waals surface area contributed by atoms with E-state index in [1.54, 1.807) is 0 Å². The van der Waals surface area contributed by atoms with E-state index in [2.05, 4.69) is 19.7 Å². The zero-order valence-electron chi connectivity index (χ0n) is 8.58. The smallest absolute Gasteiger partial charge is 0.271 e. The highest BCUT2D eigenvalue weighted by Gasteiger charge is 2.24. The Morgan fingerprint density at radius 2 is 1.50 bits per heavy atom. The highest BCUT2D eigenvalue weighted by molar-refractivity contribution is 4.86. The van der Waals surface area contributed by atoms with Crippen molar-refractivity contribution in [2.24, 2.45) is 11.8 Å². The van der Waals surface area contributed by atoms with Crippen molar-refractivity contribution in [3.63, 3.8) is 0 Å². The predicted octanol–water partition coefficient (Wildman–Crippen LogP) is 2.89. The fourth-order valence-corrected chi connectivity index (χ4v) is 1.66. The standard InChI is InChI=1S/C12H18O2/c1-4-6-11-8-13-10(3)14-9-12(11)7-5-2/h4-5,11-12H,1-3,6-9H2. The van der Waals surface area contributed by atoms with E-state index in [9.17, 15) is 0 Å². The van der Waals surface area contributed by atoms with Gasteiger partial charge < -0.3 is 9.47 Å². The lowest BCUT2D eigenvalue weighted by molar-refractivity contribution is 0.0571. The summed E-state index contributed by atoms with van der Waals surface area (Å²) in [4.78, 5) is 0. The van der Waals surface area contributed by atoms with Gasteiger partial charge in [0.2, 0.25) is 0 Å².